The minimum absolute atomic E-state index is 1.02. The maximum atomic E-state index is 3.84. The third-order valence-corrected chi connectivity index (χ3v) is 5.59. The minimum Gasteiger partial charge on any atom is -0.107 e. The first-order valence-electron chi connectivity index (χ1n) is 3.73. The monoisotopic (exact) mass is 164 g/mol. The van der Waals surface area contributed by atoms with Gasteiger partial charge in [0.15, 0.2) is 0 Å². The summed E-state index contributed by atoms with van der Waals surface area (Å²) in [7, 11) is -1.45. The molecule has 0 fully saturated rings. The SMILES string of the molecule is C=CC[Si](C=C)(C=C)CC=C. The third kappa shape index (κ3) is 2.72. The van der Waals surface area contributed by atoms with Crippen molar-refractivity contribution < 1.29 is 0 Å². The van der Waals surface area contributed by atoms with E-state index in [1.54, 1.807) is 0 Å². The Labute approximate surface area is 70.6 Å². The van der Waals surface area contributed by atoms with Crippen LogP contribution in [0.1, 0.15) is 0 Å². The van der Waals surface area contributed by atoms with E-state index >= 15 is 0 Å². The molecule has 0 unspecified atom stereocenters. The molecule has 0 aromatic heterocycles. The van der Waals surface area contributed by atoms with E-state index in [0.29, 0.717) is 0 Å². The Morgan fingerprint density at radius 3 is 1.36 bits per heavy atom. The molecule has 0 saturated heterocycles. The zero-order chi connectivity index (χ0) is 8.74. The van der Waals surface area contributed by atoms with Crippen LogP contribution in [0.3, 0.4) is 0 Å². The summed E-state index contributed by atoms with van der Waals surface area (Å²) in [6.45, 7) is 15.1. The Hall–Kier alpha value is -0.823. The van der Waals surface area contributed by atoms with Crippen molar-refractivity contribution in [2.45, 2.75) is 12.1 Å². The normalized spacial score (nSPS) is 10.2. The first kappa shape index (κ1) is 10.2. The van der Waals surface area contributed by atoms with Gasteiger partial charge < -0.3 is 0 Å². The Morgan fingerprint density at radius 2 is 1.18 bits per heavy atom. The van der Waals surface area contributed by atoms with Gasteiger partial charge in [0.25, 0.3) is 0 Å². The van der Waals surface area contributed by atoms with Crippen LogP contribution < -0.4 is 0 Å². The summed E-state index contributed by atoms with van der Waals surface area (Å²) in [6, 6.07) is 2.04. The van der Waals surface area contributed by atoms with Gasteiger partial charge in [-0.3, -0.25) is 0 Å². The fraction of sp³-hybridized carbons (Fsp3) is 0.200. The summed E-state index contributed by atoms with van der Waals surface area (Å²) >= 11 is 0. The maximum absolute atomic E-state index is 3.84. The van der Waals surface area contributed by atoms with Gasteiger partial charge in [0.2, 0.25) is 0 Å². The molecule has 11 heavy (non-hydrogen) atoms. The van der Waals surface area contributed by atoms with Gasteiger partial charge in [-0.1, -0.05) is 23.6 Å². The van der Waals surface area contributed by atoms with E-state index in [1.807, 2.05) is 23.6 Å². The van der Waals surface area contributed by atoms with Gasteiger partial charge in [0.05, 0.1) is 0 Å². The maximum Gasteiger partial charge on any atom is 0.108 e. The average Bonchev–Trinajstić information content (AvgIpc) is 2.04. The molecule has 0 aliphatic rings. The Balaban J connectivity index is 4.42. The second kappa shape index (κ2) is 4.91. The van der Waals surface area contributed by atoms with E-state index in [-0.39, 0.29) is 0 Å². The molecule has 0 bridgehead atoms. The number of allylic oxidation sites excluding steroid dienone is 2. The van der Waals surface area contributed by atoms with E-state index in [9.17, 15) is 0 Å². The van der Waals surface area contributed by atoms with Crippen molar-refractivity contribution in [2.24, 2.45) is 0 Å². The van der Waals surface area contributed by atoms with Crippen LogP contribution in [0, 0.1) is 0 Å². The van der Waals surface area contributed by atoms with Crippen molar-refractivity contribution >= 4 is 8.07 Å². The lowest BCUT2D eigenvalue weighted by atomic mass is 10.7. The van der Waals surface area contributed by atoms with Crippen LogP contribution in [0.25, 0.3) is 0 Å². The molecular formula is C10H16Si. The molecule has 0 radical (unpaired) electrons. The topological polar surface area (TPSA) is 0 Å². The van der Waals surface area contributed by atoms with Crippen molar-refractivity contribution in [3.05, 3.63) is 49.9 Å². The Morgan fingerprint density at radius 1 is 0.818 bits per heavy atom. The van der Waals surface area contributed by atoms with E-state index < -0.39 is 8.07 Å². The molecule has 0 saturated carbocycles. The van der Waals surface area contributed by atoms with Gasteiger partial charge in [-0.15, -0.1) is 26.3 Å². The van der Waals surface area contributed by atoms with Crippen LogP contribution in [-0.4, -0.2) is 8.07 Å². The average molecular weight is 164 g/mol. The van der Waals surface area contributed by atoms with E-state index in [0.717, 1.165) is 12.1 Å². The molecule has 0 N–H and O–H groups in total. The molecule has 0 aromatic carbocycles. The van der Waals surface area contributed by atoms with Crippen LogP contribution in [0.2, 0.25) is 12.1 Å². The highest BCUT2D eigenvalue weighted by atomic mass is 28.3. The van der Waals surface area contributed by atoms with Gasteiger partial charge in [0, 0.05) is 0 Å². The van der Waals surface area contributed by atoms with Crippen molar-refractivity contribution in [1.29, 1.82) is 0 Å². The minimum atomic E-state index is -1.45. The molecule has 0 aromatic rings. The third-order valence-electron chi connectivity index (χ3n) is 1.86. The molecular weight excluding hydrogens is 148 g/mol. The van der Waals surface area contributed by atoms with Crippen LogP contribution in [0.15, 0.2) is 49.9 Å². The van der Waals surface area contributed by atoms with E-state index in [4.69, 9.17) is 0 Å². The Kier molecular flexibility index (Phi) is 4.54. The highest BCUT2D eigenvalue weighted by Crippen LogP contribution is 2.18. The van der Waals surface area contributed by atoms with Gasteiger partial charge in [-0.25, -0.2) is 0 Å². The first-order chi connectivity index (χ1) is 5.24. The summed E-state index contributed by atoms with van der Waals surface area (Å²) < 4.78 is 0. The predicted molar refractivity (Wildman–Crippen MR) is 56.2 cm³/mol. The standard InChI is InChI=1S/C10H16Si/c1-5-9-11(7-3,8-4)10-6-2/h5-8H,1-4,9-10H2. The molecule has 0 amide bonds. The number of rotatable bonds is 6. The van der Waals surface area contributed by atoms with Crippen molar-refractivity contribution in [1.82, 2.24) is 0 Å². The Bertz CT molecular complexity index is 148. The summed E-state index contributed by atoms with van der Waals surface area (Å²) in [5, 5.41) is 0. The molecule has 1 heteroatoms. The van der Waals surface area contributed by atoms with Gasteiger partial charge in [-0.05, 0) is 12.1 Å². The summed E-state index contributed by atoms with van der Waals surface area (Å²) in [5.41, 5.74) is 4.09. The van der Waals surface area contributed by atoms with Crippen molar-refractivity contribution in [2.75, 3.05) is 0 Å². The van der Waals surface area contributed by atoms with Crippen LogP contribution >= 0.6 is 0 Å². The van der Waals surface area contributed by atoms with Crippen molar-refractivity contribution in [3.63, 3.8) is 0 Å². The fourth-order valence-electron chi connectivity index (χ4n) is 1.04. The van der Waals surface area contributed by atoms with Gasteiger partial charge in [0.1, 0.15) is 8.07 Å². The van der Waals surface area contributed by atoms with Gasteiger partial charge in [-0.2, -0.15) is 0 Å². The molecule has 0 rings (SSSR count). The summed E-state index contributed by atoms with van der Waals surface area (Å²) in [4.78, 5) is 0. The molecule has 0 atom stereocenters. The zero-order valence-electron chi connectivity index (χ0n) is 7.05. The smallest absolute Gasteiger partial charge is 0.107 e. The van der Waals surface area contributed by atoms with Crippen molar-refractivity contribution in [3.8, 4) is 0 Å². The highest BCUT2D eigenvalue weighted by molar-refractivity contribution is 6.89. The van der Waals surface area contributed by atoms with Crippen LogP contribution in [-0.2, 0) is 0 Å². The molecule has 0 aliphatic heterocycles. The van der Waals surface area contributed by atoms with Gasteiger partial charge >= 0.3 is 0 Å². The van der Waals surface area contributed by atoms with Crippen LogP contribution in [0.4, 0.5) is 0 Å². The summed E-state index contributed by atoms with van der Waals surface area (Å²) in [6.07, 6.45) is 3.89. The molecule has 0 spiro atoms. The van der Waals surface area contributed by atoms with E-state index in [1.165, 1.54) is 0 Å². The molecule has 0 aliphatic carbocycles. The quantitative estimate of drug-likeness (QED) is 0.417. The second-order valence-electron chi connectivity index (χ2n) is 2.63. The second-order valence-corrected chi connectivity index (χ2v) is 6.73. The van der Waals surface area contributed by atoms with Crippen LogP contribution in [0.5, 0.6) is 0 Å². The lowest BCUT2D eigenvalue weighted by Crippen LogP contribution is -2.27. The number of hydrogen-bond acceptors (Lipinski definition) is 0. The zero-order valence-corrected chi connectivity index (χ0v) is 8.05. The largest absolute Gasteiger partial charge is 0.108 e. The molecule has 0 heterocycles. The lowest BCUT2D eigenvalue weighted by Gasteiger charge is -2.19. The summed E-state index contributed by atoms with van der Waals surface area (Å²) in [5.74, 6) is 0. The first-order valence-corrected chi connectivity index (χ1v) is 6.30. The lowest BCUT2D eigenvalue weighted by molar-refractivity contribution is 1.49. The molecule has 0 nitrogen and oxygen atoms in total. The number of hydrogen-bond donors (Lipinski definition) is 0. The fourth-order valence-corrected chi connectivity index (χ4v) is 3.11. The van der Waals surface area contributed by atoms with E-state index in [2.05, 4.69) is 26.3 Å². The molecule has 60 valence electrons. The predicted octanol–water partition coefficient (Wildman–Crippen LogP) is 3.26. The highest BCUT2D eigenvalue weighted by Gasteiger charge is 2.21.